The van der Waals surface area contributed by atoms with Crippen molar-refractivity contribution < 1.29 is 0 Å². The highest BCUT2D eigenvalue weighted by molar-refractivity contribution is 5.95. The van der Waals surface area contributed by atoms with Crippen molar-refractivity contribution in [2.75, 3.05) is 5.73 Å². The Bertz CT molecular complexity index is 2260. The number of hydrogen-bond acceptors (Lipinski definition) is 2. The van der Waals surface area contributed by atoms with Crippen LogP contribution in [0.4, 0.5) is 5.69 Å². The van der Waals surface area contributed by atoms with Crippen molar-refractivity contribution in [3.63, 3.8) is 0 Å². The summed E-state index contributed by atoms with van der Waals surface area (Å²) in [5, 5.41) is 1.10. The Hall–Kier alpha value is -5.35. The molecular weight excluding hydrogens is 573 g/mol. The van der Waals surface area contributed by atoms with E-state index >= 15 is 0 Å². The topological polar surface area (TPSA) is 48.8 Å². The molecule has 0 radical (unpaired) electrons. The first kappa shape index (κ1) is 30.3. The van der Waals surface area contributed by atoms with Gasteiger partial charge in [-0.2, -0.15) is 0 Å². The van der Waals surface area contributed by atoms with Crippen LogP contribution in [0.5, 0.6) is 0 Å². The van der Waals surface area contributed by atoms with E-state index in [1.165, 1.54) is 22.3 Å². The number of benzene rings is 4. The number of anilines is 1. The summed E-state index contributed by atoms with van der Waals surface area (Å²) in [7, 11) is 0. The average Bonchev–Trinajstić information content (AvgIpc) is 3.53. The van der Waals surface area contributed by atoms with E-state index in [2.05, 4.69) is 159 Å². The highest BCUT2D eigenvalue weighted by Gasteiger charge is 2.27. The predicted octanol–water partition coefficient (Wildman–Crippen LogP) is 10.5. The maximum absolute atomic E-state index is 6.46. The van der Waals surface area contributed by atoms with Crippen molar-refractivity contribution in [1.29, 1.82) is 0 Å². The summed E-state index contributed by atoms with van der Waals surface area (Å²) < 4.78 is 4.53. The molecule has 0 aliphatic heterocycles. The predicted molar refractivity (Wildman–Crippen MR) is 199 cm³/mol. The fourth-order valence-corrected chi connectivity index (χ4v) is 7.25. The quantitative estimate of drug-likeness (QED) is 0.194. The summed E-state index contributed by atoms with van der Waals surface area (Å²) in [6, 6.07) is 39.5. The van der Waals surface area contributed by atoms with Crippen molar-refractivity contribution in [3.8, 4) is 11.4 Å². The Labute approximate surface area is 277 Å². The molecule has 4 heteroatoms. The third kappa shape index (κ3) is 4.79. The lowest BCUT2D eigenvalue weighted by Crippen LogP contribution is -2.21. The average molecular weight is 615 g/mol. The van der Waals surface area contributed by atoms with Crippen LogP contribution in [0.1, 0.15) is 66.9 Å². The molecule has 7 aromatic rings. The molecule has 0 fully saturated rings. The first-order chi connectivity index (χ1) is 22.5. The molecule has 0 saturated heterocycles. The third-order valence-corrected chi connectivity index (χ3v) is 10.4. The van der Waals surface area contributed by atoms with Gasteiger partial charge >= 0.3 is 0 Å². The molecule has 0 spiro atoms. The van der Waals surface area contributed by atoms with E-state index in [0.717, 1.165) is 55.9 Å². The summed E-state index contributed by atoms with van der Waals surface area (Å²) in [5.74, 6) is 0. The third-order valence-electron chi connectivity index (χ3n) is 10.4. The van der Waals surface area contributed by atoms with Gasteiger partial charge in [-0.3, -0.25) is 4.98 Å². The summed E-state index contributed by atoms with van der Waals surface area (Å²) >= 11 is 0. The summed E-state index contributed by atoms with van der Waals surface area (Å²) in [6.07, 6.45) is 3.75. The number of nitrogen functional groups attached to an aromatic ring is 1. The number of fused-ring (bicyclic) bond motifs is 2. The van der Waals surface area contributed by atoms with E-state index in [0.29, 0.717) is 0 Å². The molecule has 0 amide bonds. The van der Waals surface area contributed by atoms with Gasteiger partial charge in [-0.05, 0) is 78.6 Å². The van der Waals surface area contributed by atoms with Crippen molar-refractivity contribution in [1.82, 2.24) is 14.1 Å². The van der Waals surface area contributed by atoms with Crippen LogP contribution >= 0.6 is 0 Å². The molecular formula is C43H42N4. The summed E-state index contributed by atoms with van der Waals surface area (Å²) in [4.78, 5) is 4.63. The molecule has 0 atom stereocenters. The van der Waals surface area contributed by atoms with Gasteiger partial charge in [0.15, 0.2) is 0 Å². The zero-order valence-electron chi connectivity index (χ0n) is 28.2. The normalized spacial score (nSPS) is 12.2. The lowest BCUT2D eigenvalue weighted by molar-refractivity contribution is 0.626. The molecule has 4 aromatic carbocycles. The van der Waals surface area contributed by atoms with E-state index in [1.807, 2.05) is 24.4 Å². The molecule has 0 bridgehead atoms. The Kier molecular flexibility index (Phi) is 7.20. The van der Waals surface area contributed by atoms with Gasteiger partial charge in [0.2, 0.25) is 0 Å². The second kappa shape index (κ2) is 11.2. The Morgan fingerprint density at radius 3 is 1.55 bits per heavy atom. The fraction of sp³-hybridized carbons (Fsp3) is 0.186. The fourth-order valence-electron chi connectivity index (χ4n) is 7.25. The first-order valence-corrected chi connectivity index (χ1v) is 16.3. The van der Waals surface area contributed by atoms with Crippen LogP contribution in [-0.4, -0.2) is 14.1 Å². The van der Waals surface area contributed by atoms with Crippen molar-refractivity contribution in [2.45, 2.75) is 52.4 Å². The minimum atomic E-state index is -0.163. The van der Waals surface area contributed by atoms with E-state index in [-0.39, 0.29) is 10.8 Å². The van der Waals surface area contributed by atoms with Gasteiger partial charge in [-0.15, -0.1) is 0 Å². The zero-order valence-corrected chi connectivity index (χ0v) is 28.2. The number of para-hydroxylation sites is 1. The maximum Gasteiger partial charge on any atom is 0.0959 e. The van der Waals surface area contributed by atoms with Crippen LogP contribution in [0, 0.1) is 13.8 Å². The van der Waals surface area contributed by atoms with Crippen LogP contribution in [-0.2, 0) is 10.8 Å². The lowest BCUT2D eigenvalue weighted by Gasteiger charge is -2.30. The van der Waals surface area contributed by atoms with Gasteiger partial charge in [0, 0.05) is 50.7 Å². The summed E-state index contributed by atoms with van der Waals surface area (Å²) in [6.45, 7) is 17.5. The highest BCUT2D eigenvalue weighted by Crippen LogP contribution is 2.38. The molecule has 7 rings (SSSR count). The Morgan fingerprint density at radius 2 is 1.04 bits per heavy atom. The Balaban J connectivity index is 1.15. The smallest absolute Gasteiger partial charge is 0.0959 e. The lowest BCUT2D eigenvalue weighted by atomic mass is 9.74. The number of nitrogens with zero attached hydrogens (tertiary/aromatic N) is 3. The number of hydrogen-bond donors (Lipinski definition) is 1. The molecule has 0 unspecified atom stereocenters. The van der Waals surface area contributed by atoms with Crippen molar-refractivity contribution in [3.05, 3.63) is 161 Å². The number of pyridine rings is 1. The highest BCUT2D eigenvalue weighted by atomic mass is 15.0. The zero-order chi connectivity index (χ0) is 33.1. The van der Waals surface area contributed by atoms with Crippen LogP contribution in [0.25, 0.3) is 39.4 Å². The molecule has 2 N–H and O–H groups in total. The second-order valence-electron chi connectivity index (χ2n) is 13.7. The second-order valence-corrected chi connectivity index (χ2v) is 13.7. The van der Waals surface area contributed by atoms with Crippen LogP contribution in [0.15, 0.2) is 122 Å². The number of rotatable bonds is 7. The molecule has 47 heavy (non-hydrogen) atoms. The Morgan fingerprint density at radius 1 is 0.596 bits per heavy atom. The molecule has 0 saturated carbocycles. The van der Waals surface area contributed by atoms with Crippen LogP contribution in [0.2, 0.25) is 0 Å². The SMILES string of the molecule is C=Cc1c(C)n(-c2ccc(C(C)(C)c3ccc(C(C)(C)c4ccc(-n5c(C)c(N)c6ccccc65)cc4)cc3)cc2)c2cccnc12. The van der Waals surface area contributed by atoms with Gasteiger partial charge in [0.05, 0.1) is 22.2 Å². The van der Waals surface area contributed by atoms with Crippen LogP contribution < -0.4 is 5.73 Å². The van der Waals surface area contributed by atoms with Crippen molar-refractivity contribution in [2.24, 2.45) is 0 Å². The molecule has 3 heterocycles. The van der Waals surface area contributed by atoms with E-state index < -0.39 is 0 Å². The van der Waals surface area contributed by atoms with Gasteiger partial charge in [0.25, 0.3) is 0 Å². The molecule has 0 aliphatic carbocycles. The van der Waals surface area contributed by atoms with Gasteiger partial charge < -0.3 is 14.9 Å². The van der Waals surface area contributed by atoms with Crippen molar-refractivity contribution >= 4 is 33.7 Å². The molecule has 3 aromatic heterocycles. The molecule has 0 aliphatic rings. The first-order valence-electron chi connectivity index (χ1n) is 16.3. The van der Waals surface area contributed by atoms with Gasteiger partial charge in [0.1, 0.15) is 0 Å². The monoisotopic (exact) mass is 614 g/mol. The summed E-state index contributed by atoms with van der Waals surface area (Å²) in [5.41, 5.74) is 20.9. The standard InChI is InChI=1S/C43H42N4/c1-8-36-28(2)46(39-14-11-27-45-41(36)39)34-23-19-32(20-24-34)42(4,5)30-15-17-31(18-16-30)43(6,7)33-21-25-35(26-22-33)47-29(3)40(44)37-12-9-10-13-38(37)47/h8-27H,1,44H2,2-7H3. The van der Waals surface area contributed by atoms with Crippen LogP contribution in [0.3, 0.4) is 0 Å². The van der Waals surface area contributed by atoms with E-state index in [1.54, 1.807) is 0 Å². The molecule has 234 valence electrons. The number of aromatic nitrogens is 3. The van der Waals surface area contributed by atoms with Gasteiger partial charge in [-0.25, -0.2) is 0 Å². The van der Waals surface area contributed by atoms with E-state index in [9.17, 15) is 0 Å². The van der Waals surface area contributed by atoms with E-state index in [4.69, 9.17) is 5.73 Å². The largest absolute Gasteiger partial charge is 0.397 e. The minimum absolute atomic E-state index is 0.160. The number of nitrogens with two attached hydrogens (primary N) is 1. The molecule has 4 nitrogen and oxygen atoms in total. The van der Waals surface area contributed by atoms with Gasteiger partial charge in [-0.1, -0.05) is 107 Å². The maximum atomic E-state index is 6.46. The minimum Gasteiger partial charge on any atom is -0.397 e.